The van der Waals surface area contributed by atoms with Gasteiger partial charge in [-0.15, -0.1) is 0 Å². The molecule has 2 aliphatic rings. The van der Waals surface area contributed by atoms with Gasteiger partial charge >= 0.3 is 0 Å². The second-order valence-corrected chi connectivity index (χ2v) is 11.8. The first-order chi connectivity index (χ1) is 23.0. The van der Waals surface area contributed by atoms with Crippen molar-refractivity contribution in [1.29, 1.82) is 0 Å². The molecule has 0 radical (unpaired) electrons. The molecule has 238 valence electrons. The summed E-state index contributed by atoms with van der Waals surface area (Å²) in [7, 11) is 0. The van der Waals surface area contributed by atoms with Crippen LogP contribution < -0.4 is 21.3 Å². The Hall–Kier alpha value is -5.66. The molecule has 2 unspecified atom stereocenters. The van der Waals surface area contributed by atoms with Crippen molar-refractivity contribution in [3.05, 3.63) is 85.0 Å². The van der Waals surface area contributed by atoms with Gasteiger partial charge in [-0.25, -0.2) is 49.8 Å². The number of aryl methyl sites for hydroxylation is 1. The van der Waals surface area contributed by atoms with Gasteiger partial charge in [-0.2, -0.15) is 0 Å². The lowest BCUT2D eigenvalue weighted by Crippen LogP contribution is -2.35. The Morgan fingerprint density at radius 3 is 1.72 bits per heavy atom. The Morgan fingerprint density at radius 1 is 0.596 bits per heavy atom. The first kappa shape index (κ1) is 30.0. The maximum Gasteiger partial charge on any atom is 0.153 e. The summed E-state index contributed by atoms with van der Waals surface area (Å²) in [6.07, 6.45) is 12.6. The zero-order valence-electron chi connectivity index (χ0n) is 26.2. The smallest absolute Gasteiger partial charge is 0.153 e. The van der Waals surface area contributed by atoms with Crippen LogP contribution in [0.2, 0.25) is 0 Å². The van der Waals surface area contributed by atoms with Crippen molar-refractivity contribution in [1.82, 2.24) is 49.8 Å². The number of hydrogen-bond donors (Lipinski definition) is 2. The van der Waals surface area contributed by atoms with Gasteiger partial charge in [0, 0.05) is 61.8 Å². The summed E-state index contributed by atoms with van der Waals surface area (Å²) in [6.45, 7) is 5.67. The quantitative estimate of drug-likeness (QED) is 0.286. The van der Waals surface area contributed by atoms with E-state index in [-0.39, 0.29) is 0 Å². The third kappa shape index (κ3) is 6.66. The summed E-state index contributed by atoms with van der Waals surface area (Å²) in [6, 6.07) is 11.9. The van der Waals surface area contributed by atoms with Gasteiger partial charge in [-0.3, -0.25) is 0 Å². The molecule has 2 fully saturated rings. The fourth-order valence-electron chi connectivity index (χ4n) is 6.35. The molecule has 6 aromatic rings. The van der Waals surface area contributed by atoms with Gasteiger partial charge in [-0.1, -0.05) is 0 Å². The normalized spacial score (nSPS) is 18.1. The predicted molar refractivity (Wildman–Crippen MR) is 181 cm³/mol. The first-order valence-corrected chi connectivity index (χ1v) is 15.8. The monoisotopic (exact) mass is 628 g/mol. The molecule has 2 saturated heterocycles. The van der Waals surface area contributed by atoms with Gasteiger partial charge < -0.3 is 21.3 Å². The molecule has 0 amide bonds. The van der Waals surface area contributed by atoms with Crippen LogP contribution >= 0.6 is 0 Å². The number of piperidine rings is 2. The highest BCUT2D eigenvalue weighted by molar-refractivity contribution is 5.85. The number of nitrogens with two attached hydrogens (primary N) is 2. The van der Waals surface area contributed by atoms with Crippen LogP contribution in [-0.4, -0.2) is 76.0 Å². The van der Waals surface area contributed by atoms with Gasteiger partial charge in [0.05, 0.1) is 11.0 Å². The molecular formula is C33H36N14. The van der Waals surface area contributed by atoms with Crippen LogP contribution in [-0.2, 0) is 0 Å². The highest BCUT2D eigenvalue weighted by atomic mass is 15.2. The Bertz CT molecular complexity index is 1990. The highest BCUT2D eigenvalue weighted by Crippen LogP contribution is 2.30. The van der Waals surface area contributed by atoms with Crippen LogP contribution in [0.25, 0.3) is 22.1 Å². The summed E-state index contributed by atoms with van der Waals surface area (Å²) in [5.74, 6) is 4.27. The summed E-state index contributed by atoms with van der Waals surface area (Å²) in [5.41, 5.74) is 16.9. The number of nitrogens with zero attached hydrogens (tertiary/aromatic N) is 12. The molecule has 8 rings (SSSR count). The van der Waals surface area contributed by atoms with E-state index < -0.39 is 0 Å². The lowest BCUT2D eigenvalue weighted by molar-refractivity contribution is 0.497. The summed E-state index contributed by atoms with van der Waals surface area (Å²) in [4.78, 5) is 47.6. The number of nitrogen functional groups attached to an aromatic ring is 2. The first-order valence-electron chi connectivity index (χ1n) is 15.8. The molecule has 0 aliphatic carbocycles. The third-order valence-corrected chi connectivity index (χ3v) is 8.72. The summed E-state index contributed by atoms with van der Waals surface area (Å²) < 4.78 is 0. The van der Waals surface area contributed by atoms with E-state index in [1.807, 2.05) is 49.5 Å². The van der Waals surface area contributed by atoms with Gasteiger partial charge in [0.15, 0.2) is 11.6 Å². The Labute approximate surface area is 271 Å². The minimum atomic E-state index is 0.391. The van der Waals surface area contributed by atoms with Crippen molar-refractivity contribution in [3.8, 4) is 0 Å². The molecule has 47 heavy (non-hydrogen) atoms. The summed E-state index contributed by atoms with van der Waals surface area (Å²) in [5, 5.41) is 0. The van der Waals surface area contributed by atoms with E-state index in [1.165, 1.54) is 12.7 Å². The zero-order valence-corrected chi connectivity index (χ0v) is 26.2. The van der Waals surface area contributed by atoms with Crippen LogP contribution in [0.1, 0.15) is 54.7 Å². The van der Waals surface area contributed by atoms with E-state index in [1.54, 1.807) is 12.5 Å². The third-order valence-electron chi connectivity index (χ3n) is 8.72. The van der Waals surface area contributed by atoms with Crippen molar-refractivity contribution in [3.63, 3.8) is 0 Å². The number of anilines is 4. The maximum atomic E-state index is 5.94. The molecule has 0 bridgehead atoms. The summed E-state index contributed by atoms with van der Waals surface area (Å²) >= 11 is 0. The predicted octanol–water partition coefficient (Wildman–Crippen LogP) is 3.87. The van der Waals surface area contributed by atoms with Crippen molar-refractivity contribution >= 4 is 45.3 Å². The lowest BCUT2D eigenvalue weighted by Gasteiger charge is -2.33. The molecule has 2 aliphatic heterocycles. The molecule has 4 N–H and O–H groups in total. The van der Waals surface area contributed by atoms with E-state index in [0.717, 1.165) is 91.7 Å². The largest absolute Gasteiger partial charge is 0.382 e. The standard InChI is InChI=1S/C17H19N7.C16H17N7/c1-11-19-7-6-13(22-11)12-3-2-8-24(9-12)15-5-4-14-16(23-15)17(18)21-10-20-14;17-16-15-13(20-10-21-16)3-4-14(22-15)23-7-1-2-11(8-23)12-5-6-18-9-19-12/h4-7,10,12H,2-3,8-9H2,1H3,(H2,18,20,21);3-6,9-11H,1-2,7-8H2,(H2,17,20,21). The lowest BCUT2D eigenvalue weighted by atomic mass is 9.94. The van der Waals surface area contributed by atoms with Gasteiger partial charge in [0.25, 0.3) is 0 Å². The zero-order chi connectivity index (χ0) is 32.2. The van der Waals surface area contributed by atoms with Crippen molar-refractivity contribution < 1.29 is 0 Å². The molecule has 0 saturated carbocycles. The van der Waals surface area contributed by atoms with Crippen LogP contribution in [0.5, 0.6) is 0 Å². The van der Waals surface area contributed by atoms with Gasteiger partial charge in [0.1, 0.15) is 47.5 Å². The minimum Gasteiger partial charge on any atom is -0.382 e. The van der Waals surface area contributed by atoms with Crippen LogP contribution in [0, 0.1) is 6.92 Å². The van der Waals surface area contributed by atoms with E-state index in [9.17, 15) is 0 Å². The highest BCUT2D eigenvalue weighted by Gasteiger charge is 2.25. The van der Waals surface area contributed by atoms with Crippen LogP contribution in [0.15, 0.2) is 67.8 Å². The topological polar surface area (TPSA) is 187 Å². The maximum absolute atomic E-state index is 5.94. The molecule has 0 spiro atoms. The average Bonchev–Trinajstić information content (AvgIpc) is 3.12. The minimum absolute atomic E-state index is 0.391. The van der Waals surface area contributed by atoms with E-state index in [2.05, 4.69) is 59.6 Å². The van der Waals surface area contributed by atoms with E-state index >= 15 is 0 Å². The van der Waals surface area contributed by atoms with Crippen LogP contribution in [0.4, 0.5) is 23.3 Å². The fraction of sp³-hybridized carbons (Fsp3) is 0.333. The van der Waals surface area contributed by atoms with Gasteiger partial charge in [0.2, 0.25) is 0 Å². The molecule has 2 atom stereocenters. The molecule has 14 heteroatoms. The number of hydrogen-bond acceptors (Lipinski definition) is 14. The molecule has 14 nitrogen and oxygen atoms in total. The van der Waals surface area contributed by atoms with E-state index in [0.29, 0.717) is 34.5 Å². The van der Waals surface area contributed by atoms with Crippen molar-refractivity contribution in [2.24, 2.45) is 0 Å². The molecule has 6 aromatic heterocycles. The molecule has 0 aromatic carbocycles. The van der Waals surface area contributed by atoms with Crippen molar-refractivity contribution in [2.75, 3.05) is 47.4 Å². The number of fused-ring (bicyclic) bond motifs is 2. The Kier molecular flexibility index (Phi) is 8.54. The van der Waals surface area contributed by atoms with Crippen LogP contribution in [0.3, 0.4) is 0 Å². The Morgan fingerprint density at radius 2 is 1.17 bits per heavy atom. The molecular weight excluding hydrogens is 592 g/mol. The molecule has 8 heterocycles. The number of pyridine rings is 2. The second-order valence-electron chi connectivity index (χ2n) is 11.8. The number of aromatic nitrogens is 10. The average molecular weight is 629 g/mol. The number of rotatable bonds is 4. The fourth-order valence-corrected chi connectivity index (χ4v) is 6.35. The van der Waals surface area contributed by atoms with E-state index in [4.69, 9.17) is 11.5 Å². The SMILES string of the molecule is Cc1nccc(C2CCCN(c3ccc4ncnc(N)c4n3)C2)n1.Nc1ncnc2ccc(N3CCCC(c4ccncn4)C3)nc12. The van der Waals surface area contributed by atoms with Crippen molar-refractivity contribution in [2.45, 2.75) is 44.4 Å². The Balaban J connectivity index is 0.000000150. The van der Waals surface area contributed by atoms with Gasteiger partial charge in [-0.05, 0) is 69.0 Å². The second kappa shape index (κ2) is 13.4.